The van der Waals surface area contributed by atoms with E-state index in [4.69, 9.17) is 16.2 Å². The predicted molar refractivity (Wildman–Crippen MR) is 71.0 cm³/mol. The van der Waals surface area contributed by atoms with Gasteiger partial charge in [0.15, 0.2) is 5.75 Å². The van der Waals surface area contributed by atoms with Crippen LogP contribution in [0.5, 0.6) is 5.75 Å². The highest BCUT2D eigenvalue weighted by Crippen LogP contribution is 2.38. The van der Waals surface area contributed by atoms with Gasteiger partial charge in [-0.05, 0) is 17.7 Å². The number of hydrogen-bond donors (Lipinski definition) is 2. The number of hydrogen-bond acceptors (Lipinski definition) is 3. The molecule has 3 nitrogen and oxygen atoms in total. The van der Waals surface area contributed by atoms with Crippen LogP contribution in [0, 0.1) is 0 Å². The highest BCUT2D eigenvalue weighted by Gasteiger charge is 2.32. The fraction of sp³-hybridized carbons (Fsp3) is 0.143. The van der Waals surface area contributed by atoms with Gasteiger partial charge in [0, 0.05) is 0 Å². The first-order chi connectivity index (χ1) is 9.38. The highest BCUT2D eigenvalue weighted by molar-refractivity contribution is 5.69. The van der Waals surface area contributed by atoms with E-state index in [1.165, 1.54) is 0 Å². The van der Waals surface area contributed by atoms with Crippen molar-refractivity contribution in [3.05, 3.63) is 53.6 Å². The van der Waals surface area contributed by atoms with Gasteiger partial charge in [-0.15, -0.1) is 0 Å². The average molecular weight is 282 g/mol. The van der Waals surface area contributed by atoms with E-state index in [-0.39, 0.29) is 23.7 Å². The van der Waals surface area contributed by atoms with E-state index in [0.717, 1.165) is 17.7 Å². The van der Waals surface area contributed by atoms with Crippen LogP contribution in [0.25, 0.3) is 0 Å². The number of rotatable bonds is 3. The molecule has 0 aliphatic carbocycles. The van der Waals surface area contributed by atoms with Gasteiger partial charge in [-0.3, -0.25) is 0 Å². The Morgan fingerprint density at radius 3 is 2.00 bits per heavy atom. The van der Waals surface area contributed by atoms with Crippen LogP contribution in [0.15, 0.2) is 42.5 Å². The zero-order valence-corrected chi connectivity index (χ0v) is 10.4. The quantitative estimate of drug-likeness (QED) is 0.848. The van der Waals surface area contributed by atoms with Crippen LogP contribution in [0.3, 0.4) is 0 Å². The Morgan fingerprint density at radius 1 is 0.950 bits per heavy atom. The Balaban J connectivity index is 2.21. The second-order valence-corrected chi connectivity index (χ2v) is 4.26. The second kappa shape index (κ2) is 5.32. The van der Waals surface area contributed by atoms with Crippen LogP contribution >= 0.6 is 0 Å². The van der Waals surface area contributed by atoms with Crippen molar-refractivity contribution >= 4 is 11.4 Å². The lowest BCUT2D eigenvalue weighted by Gasteiger charge is -2.14. The first kappa shape index (κ1) is 14.0. The fourth-order valence-electron chi connectivity index (χ4n) is 1.73. The van der Waals surface area contributed by atoms with Gasteiger partial charge >= 0.3 is 6.18 Å². The number of ether oxygens (including phenoxy) is 1. The molecule has 0 fully saturated rings. The smallest absolute Gasteiger partial charge is 0.416 e. The molecule has 0 aliphatic rings. The van der Waals surface area contributed by atoms with E-state index in [0.29, 0.717) is 0 Å². The van der Waals surface area contributed by atoms with E-state index in [2.05, 4.69) is 0 Å². The van der Waals surface area contributed by atoms with Gasteiger partial charge in [0.25, 0.3) is 0 Å². The van der Waals surface area contributed by atoms with Crippen LogP contribution in [0.4, 0.5) is 24.5 Å². The summed E-state index contributed by atoms with van der Waals surface area (Å²) in [4.78, 5) is 0. The van der Waals surface area contributed by atoms with Crippen LogP contribution < -0.4 is 16.2 Å². The highest BCUT2D eigenvalue weighted by atomic mass is 19.4. The summed E-state index contributed by atoms with van der Waals surface area (Å²) in [5.74, 6) is 0.0712. The molecule has 0 spiro atoms. The lowest BCUT2D eigenvalue weighted by atomic mass is 10.1. The lowest BCUT2D eigenvalue weighted by molar-refractivity contribution is -0.137. The van der Waals surface area contributed by atoms with Gasteiger partial charge in [-0.25, -0.2) is 0 Å². The van der Waals surface area contributed by atoms with Gasteiger partial charge in [-0.2, -0.15) is 13.2 Å². The number of anilines is 2. The van der Waals surface area contributed by atoms with Gasteiger partial charge < -0.3 is 16.2 Å². The maximum atomic E-state index is 12.6. The third-order valence-corrected chi connectivity index (χ3v) is 2.70. The molecule has 20 heavy (non-hydrogen) atoms. The summed E-state index contributed by atoms with van der Waals surface area (Å²) < 4.78 is 43.1. The minimum absolute atomic E-state index is 0.0712. The first-order valence-corrected chi connectivity index (χ1v) is 5.81. The Kier molecular flexibility index (Phi) is 3.74. The molecule has 6 heteroatoms. The normalized spacial score (nSPS) is 11.3. The molecule has 0 saturated carbocycles. The lowest BCUT2D eigenvalue weighted by Crippen LogP contribution is -2.09. The Hall–Kier alpha value is -2.37. The molecule has 4 N–H and O–H groups in total. The van der Waals surface area contributed by atoms with Crippen molar-refractivity contribution in [2.75, 3.05) is 11.5 Å². The minimum atomic E-state index is -4.49. The van der Waals surface area contributed by atoms with E-state index >= 15 is 0 Å². The largest absolute Gasteiger partial charge is 0.485 e. The van der Waals surface area contributed by atoms with Gasteiger partial charge in [0.1, 0.15) is 6.61 Å². The van der Waals surface area contributed by atoms with Crippen molar-refractivity contribution in [3.63, 3.8) is 0 Å². The topological polar surface area (TPSA) is 61.3 Å². The predicted octanol–water partition coefficient (Wildman–Crippen LogP) is 3.45. The molecule has 0 heterocycles. The van der Waals surface area contributed by atoms with Crippen molar-refractivity contribution in [1.82, 2.24) is 0 Å². The second-order valence-electron chi connectivity index (χ2n) is 4.26. The summed E-state index contributed by atoms with van der Waals surface area (Å²) in [6, 6.07) is 10.8. The maximum Gasteiger partial charge on any atom is 0.416 e. The Bertz CT molecular complexity index is 574. The van der Waals surface area contributed by atoms with Crippen molar-refractivity contribution in [1.29, 1.82) is 0 Å². The first-order valence-electron chi connectivity index (χ1n) is 5.81. The third-order valence-electron chi connectivity index (χ3n) is 2.70. The van der Waals surface area contributed by atoms with Crippen molar-refractivity contribution < 1.29 is 17.9 Å². The Labute approximate surface area is 114 Å². The van der Waals surface area contributed by atoms with Crippen molar-refractivity contribution in [3.8, 4) is 5.75 Å². The van der Waals surface area contributed by atoms with Crippen LogP contribution in [0.2, 0.25) is 0 Å². The molecule has 2 aromatic rings. The van der Waals surface area contributed by atoms with Crippen LogP contribution in [0.1, 0.15) is 11.1 Å². The number of nitrogens with two attached hydrogens (primary N) is 2. The molecule has 0 aromatic heterocycles. The SMILES string of the molecule is Nc1cc(C(F)(F)F)cc(N)c1OCc1ccccc1. The van der Waals surface area contributed by atoms with Crippen LogP contribution in [-0.2, 0) is 12.8 Å². The number of halogens is 3. The van der Waals surface area contributed by atoms with Gasteiger partial charge in [-0.1, -0.05) is 30.3 Å². The molecule has 0 atom stereocenters. The molecule has 0 bridgehead atoms. The molecule has 2 aromatic carbocycles. The van der Waals surface area contributed by atoms with E-state index in [9.17, 15) is 13.2 Å². The zero-order valence-electron chi connectivity index (χ0n) is 10.4. The van der Waals surface area contributed by atoms with E-state index < -0.39 is 11.7 Å². The molecular weight excluding hydrogens is 269 g/mol. The van der Waals surface area contributed by atoms with Crippen LogP contribution in [-0.4, -0.2) is 0 Å². The zero-order chi connectivity index (χ0) is 14.8. The fourth-order valence-corrected chi connectivity index (χ4v) is 1.73. The summed E-state index contributed by atoms with van der Waals surface area (Å²) in [7, 11) is 0. The van der Waals surface area contributed by atoms with E-state index in [1.54, 1.807) is 0 Å². The summed E-state index contributed by atoms with van der Waals surface area (Å²) in [5.41, 5.74) is 10.9. The van der Waals surface area contributed by atoms with Crippen molar-refractivity contribution in [2.24, 2.45) is 0 Å². The van der Waals surface area contributed by atoms with Gasteiger partial charge in [0.05, 0.1) is 16.9 Å². The molecular formula is C14H13F3N2O. The van der Waals surface area contributed by atoms with Crippen molar-refractivity contribution in [2.45, 2.75) is 12.8 Å². The summed E-state index contributed by atoms with van der Waals surface area (Å²) in [6.45, 7) is 0.181. The summed E-state index contributed by atoms with van der Waals surface area (Å²) >= 11 is 0. The monoisotopic (exact) mass is 282 g/mol. The average Bonchev–Trinajstić information content (AvgIpc) is 2.37. The molecule has 0 amide bonds. The molecule has 0 unspecified atom stereocenters. The molecule has 2 rings (SSSR count). The number of alkyl halides is 3. The molecule has 0 aliphatic heterocycles. The van der Waals surface area contributed by atoms with E-state index in [1.807, 2.05) is 30.3 Å². The maximum absolute atomic E-state index is 12.6. The third kappa shape index (κ3) is 3.14. The minimum Gasteiger partial charge on any atom is -0.485 e. The standard InChI is InChI=1S/C14H13F3N2O/c15-14(16,17)10-6-11(18)13(12(19)7-10)20-8-9-4-2-1-3-5-9/h1-7H,8,18-19H2. The summed E-state index contributed by atoms with van der Waals surface area (Å²) in [5, 5.41) is 0. The molecule has 106 valence electrons. The number of nitrogen functional groups attached to an aromatic ring is 2. The molecule has 0 saturated heterocycles. The van der Waals surface area contributed by atoms with Gasteiger partial charge in [0.2, 0.25) is 0 Å². The summed E-state index contributed by atoms with van der Waals surface area (Å²) in [6.07, 6.45) is -4.49. The molecule has 0 radical (unpaired) electrons. The Morgan fingerprint density at radius 2 is 1.50 bits per heavy atom. The number of benzene rings is 2.